The summed E-state index contributed by atoms with van der Waals surface area (Å²) < 4.78 is 14.0. The van der Waals surface area contributed by atoms with Crippen molar-refractivity contribution in [1.82, 2.24) is 24.7 Å². The monoisotopic (exact) mass is 430 g/mol. The van der Waals surface area contributed by atoms with Gasteiger partial charge in [-0.1, -0.05) is 6.07 Å². The molecular weight excluding hydrogens is 404 g/mol. The number of hydrogen-bond donors (Lipinski definition) is 1. The Morgan fingerprint density at radius 3 is 2.59 bits per heavy atom. The number of fused-ring (bicyclic) bond motifs is 7. The molecule has 0 aromatic carbocycles. The molecule has 1 aliphatic heterocycles. The lowest BCUT2D eigenvalue weighted by molar-refractivity contribution is 0.256. The summed E-state index contributed by atoms with van der Waals surface area (Å²) in [4.78, 5) is 13.9. The summed E-state index contributed by atoms with van der Waals surface area (Å²) in [6.07, 6.45) is 5.23. The first kappa shape index (κ1) is 20.2. The fourth-order valence-electron chi connectivity index (χ4n) is 3.95. The van der Waals surface area contributed by atoms with Crippen LogP contribution in [0, 0.1) is 6.92 Å². The molecule has 164 valence electrons. The van der Waals surface area contributed by atoms with Crippen LogP contribution in [-0.2, 0) is 13.1 Å². The van der Waals surface area contributed by atoms with Crippen LogP contribution >= 0.6 is 0 Å². The van der Waals surface area contributed by atoms with Gasteiger partial charge in [-0.2, -0.15) is 5.10 Å². The molecule has 1 aliphatic rings. The van der Waals surface area contributed by atoms with Crippen molar-refractivity contribution < 1.29 is 9.47 Å². The molecule has 4 aromatic heterocycles. The van der Waals surface area contributed by atoms with Gasteiger partial charge >= 0.3 is 0 Å². The number of rotatable bonds is 1. The molecule has 2 bridgehead atoms. The predicted octanol–water partition coefficient (Wildman–Crippen LogP) is 4.38. The molecule has 0 fully saturated rings. The number of nitrogens with zero attached hydrogens (tertiary/aromatic N) is 5. The van der Waals surface area contributed by atoms with Crippen LogP contribution in [0.25, 0.3) is 22.3 Å². The summed E-state index contributed by atoms with van der Waals surface area (Å²) in [6, 6.07) is 9.93. The number of anilines is 1. The van der Waals surface area contributed by atoms with Crippen molar-refractivity contribution in [2.24, 2.45) is 0 Å². The van der Waals surface area contributed by atoms with E-state index in [1.54, 1.807) is 12.4 Å². The molecule has 0 aliphatic carbocycles. The van der Waals surface area contributed by atoms with Crippen LogP contribution in [0.2, 0.25) is 0 Å². The minimum atomic E-state index is 0.558. The fourth-order valence-corrected chi connectivity index (χ4v) is 3.95. The van der Waals surface area contributed by atoms with Crippen LogP contribution in [0.5, 0.6) is 11.8 Å². The Balaban J connectivity index is 1.67. The first-order valence-corrected chi connectivity index (χ1v) is 11.0. The smallest absolute Gasteiger partial charge is 0.222 e. The Labute approximate surface area is 186 Å². The number of nitrogens with one attached hydrogen (secondary N) is 1. The molecule has 5 heterocycles. The Bertz CT molecular complexity index is 1250. The van der Waals surface area contributed by atoms with Gasteiger partial charge in [0.25, 0.3) is 0 Å². The van der Waals surface area contributed by atoms with Gasteiger partial charge in [0.1, 0.15) is 11.0 Å². The van der Waals surface area contributed by atoms with Crippen LogP contribution in [0.3, 0.4) is 0 Å². The van der Waals surface area contributed by atoms with E-state index in [0.717, 1.165) is 58.6 Å². The number of aryl methyl sites for hydroxylation is 2. The molecule has 5 rings (SSSR count). The van der Waals surface area contributed by atoms with E-state index in [1.807, 2.05) is 35.9 Å². The molecule has 0 atom stereocenters. The minimum Gasteiger partial charge on any atom is -0.477 e. The van der Waals surface area contributed by atoms with Gasteiger partial charge in [-0.15, -0.1) is 0 Å². The number of pyridine rings is 3. The second-order valence-electron chi connectivity index (χ2n) is 7.73. The second-order valence-corrected chi connectivity index (χ2v) is 7.73. The average molecular weight is 431 g/mol. The van der Waals surface area contributed by atoms with Crippen molar-refractivity contribution >= 4 is 16.7 Å². The third kappa shape index (κ3) is 3.84. The molecule has 4 aromatic rings. The largest absolute Gasteiger partial charge is 0.477 e. The van der Waals surface area contributed by atoms with Gasteiger partial charge in [0.15, 0.2) is 0 Å². The van der Waals surface area contributed by atoms with Crippen LogP contribution in [0.4, 0.5) is 5.69 Å². The zero-order valence-electron chi connectivity index (χ0n) is 18.3. The summed E-state index contributed by atoms with van der Waals surface area (Å²) >= 11 is 0. The van der Waals surface area contributed by atoms with Gasteiger partial charge in [0.2, 0.25) is 11.8 Å². The van der Waals surface area contributed by atoms with E-state index in [0.29, 0.717) is 31.5 Å². The average Bonchev–Trinajstić information content (AvgIpc) is 3.15. The zero-order valence-corrected chi connectivity index (χ0v) is 18.3. The van der Waals surface area contributed by atoms with Crippen LogP contribution in [-0.4, -0.2) is 37.9 Å². The molecule has 0 saturated heterocycles. The summed E-state index contributed by atoms with van der Waals surface area (Å²) in [6.45, 7) is 6.55. The normalized spacial score (nSPS) is 14.2. The third-order valence-electron chi connectivity index (χ3n) is 5.55. The quantitative estimate of drug-likeness (QED) is 0.479. The molecule has 8 heteroatoms. The van der Waals surface area contributed by atoms with E-state index < -0.39 is 0 Å². The van der Waals surface area contributed by atoms with E-state index in [-0.39, 0.29) is 0 Å². The van der Waals surface area contributed by atoms with Crippen LogP contribution in [0.1, 0.15) is 31.0 Å². The summed E-state index contributed by atoms with van der Waals surface area (Å²) in [5, 5.41) is 8.29. The van der Waals surface area contributed by atoms with Gasteiger partial charge in [0, 0.05) is 31.0 Å². The first-order chi connectivity index (χ1) is 15.7. The topological polar surface area (TPSA) is 87.0 Å². The lowest BCUT2D eigenvalue weighted by Crippen LogP contribution is -2.08. The highest BCUT2D eigenvalue weighted by Gasteiger charge is 2.18. The molecule has 0 spiro atoms. The summed E-state index contributed by atoms with van der Waals surface area (Å²) in [5.41, 5.74) is 6.37. The van der Waals surface area contributed by atoms with Gasteiger partial charge in [-0.25, -0.2) is 15.0 Å². The third-order valence-corrected chi connectivity index (χ3v) is 5.55. The van der Waals surface area contributed by atoms with Crippen molar-refractivity contribution in [3.63, 3.8) is 0 Å². The Kier molecular flexibility index (Phi) is 5.58. The van der Waals surface area contributed by atoms with Gasteiger partial charge < -0.3 is 14.8 Å². The number of aromatic nitrogens is 5. The predicted molar refractivity (Wildman–Crippen MR) is 123 cm³/mol. The van der Waals surface area contributed by atoms with Crippen molar-refractivity contribution in [1.29, 1.82) is 0 Å². The molecule has 0 radical (unpaired) electrons. The highest BCUT2D eigenvalue weighted by atomic mass is 16.5. The highest BCUT2D eigenvalue weighted by molar-refractivity contribution is 5.93. The highest BCUT2D eigenvalue weighted by Crippen LogP contribution is 2.34. The second kappa shape index (κ2) is 8.82. The Morgan fingerprint density at radius 2 is 1.78 bits per heavy atom. The molecule has 0 amide bonds. The maximum atomic E-state index is 6.04. The van der Waals surface area contributed by atoms with Crippen molar-refractivity contribution in [3.05, 3.63) is 54.0 Å². The molecular formula is C24H26N6O2. The first-order valence-electron chi connectivity index (χ1n) is 11.0. The molecule has 8 nitrogen and oxygen atoms in total. The van der Waals surface area contributed by atoms with E-state index in [4.69, 9.17) is 19.6 Å². The standard InChI is InChI=1S/C24H26N6O2/c1-3-30-22-20-14-19(28-21(22)16(2)29-30)18-9-7-11-26-24(18)32-13-5-4-12-31-23-17(15-27-20)8-6-10-25-23/h6-11,14,27H,3-5,12-13,15H2,1-2H3. The lowest BCUT2D eigenvalue weighted by atomic mass is 10.1. The molecule has 0 saturated carbocycles. The Hall–Kier alpha value is -3.68. The number of hydrogen-bond acceptors (Lipinski definition) is 7. The molecule has 32 heavy (non-hydrogen) atoms. The van der Waals surface area contributed by atoms with Crippen LogP contribution in [0.15, 0.2) is 42.7 Å². The molecule has 0 unspecified atom stereocenters. The van der Waals surface area contributed by atoms with Crippen LogP contribution < -0.4 is 14.8 Å². The lowest BCUT2D eigenvalue weighted by Gasteiger charge is -2.14. The van der Waals surface area contributed by atoms with Crippen molar-refractivity contribution in [3.8, 4) is 23.0 Å². The minimum absolute atomic E-state index is 0.558. The Morgan fingerprint density at radius 1 is 1.03 bits per heavy atom. The van der Waals surface area contributed by atoms with Gasteiger partial charge in [-0.3, -0.25) is 4.68 Å². The fraction of sp³-hybridized carbons (Fsp3) is 0.333. The van der Waals surface area contributed by atoms with E-state index in [1.165, 1.54) is 0 Å². The molecule has 1 N–H and O–H groups in total. The maximum absolute atomic E-state index is 6.04. The maximum Gasteiger partial charge on any atom is 0.222 e. The number of ether oxygens (including phenoxy) is 2. The SMILES string of the molecule is CCn1nc(C)c2nc3cc(c21)NCc1cccnc1OCCCCOc1ncccc1-3. The van der Waals surface area contributed by atoms with Crippen molar-refractivity contribution in [2.45, 2.75) is 39.8 Å². The summed E-state index contributed by atoms with van der Waals surface area (Å²) in [5.74, 6) is 1.25. The van der Waals surface area contributed by atoms with Crippen molar-refractivity contribution in [2.75, 3.05) is 18.5 Å². The van der Waals surface area contributed by atoms with E-state index in [9.17, 15) is 0 Å². The zero-order chi connectivity index (χ0) is 21.9. The van der Waals surface area contributed by atoms with Gasteiger partial charge in [0.05, 0.1) is 35.9 Å². The van der Waals surface area contributed by atoms with E-state index >= 15 is 0 Å². The summed E-state index contributed by atoms with van der Waals surface area (Å²) in [7, 11) is 0. The van der Waals surface area contributed by atoms with E-state index in [2.05, 4.69) is 28.3 Å². The van der Waals surface area contributed by atoms with Gasteiger partial charge in [-0.05, 0) is 51.0 Å².